The molecule has 3 nitrogen and oxygen atoms in total. The molecule has 0 amide bonds. The van der Waals surface area contributed by atoms with Crippen molar-refractivity contribution in [3.05, 3.63) is 52.3 Å². The van der Waals surface area contributed by atoms with Gasteiger partial charge in [0.05, 0.1) is 6.20 Å². The largest absolute Gasteiger partial charge is 0.323 e. The Balaban J connectivity index is 2.00. The Morgan fingerprint density at radius 1 is 1.41 bits per heavy atom. The molecule has 1 aromatic heterocycles. The van der Waals surface area contributed by atoms with Gasteiger partial charge in [-0.2, -0.15) is 0 Å². The first-order valence-electron chi connectivity index (χ1n) is 7.41. The quantitative estimate of drug-likeness (QED) is 0.718. The number of hydrogen-bond acceptors (Lipinski definition) is 2. The van der Waals surface area contributed by atoms with E-state index in [1.807, 2.05) is 25.3 Å². The lowest BCUT2D eigenvalue weighted by atomic mass is 10.1. The Labute approximate surface area is 135 Å². The summed E-state index contributed by atoms with van der Waals surface area (Å²) in [6.07, 6.45) is 3.24. The van der Waals surface area contributed by atoms with Crippen LogP contribution in [0.3, 0.4) is 0 Å². The normalized spacial score (nSPS) is 11.2. The Bertz CT molecular complexity index is 679. The van der Waals surface area contributed by atoms with Crippen molar-refractivity contribution in [3.63, 3.8) is 0 Å². The van der Waals surface area contributed by atoms with Crippen molar-refractivity contribution in [2.75, 3.05) is 0 Å². The summed E-state index contributed by atoms with van der Waals surface area (Å²) in [6, 6.07) is 4.50. The first kappa shape index (κ1) is 16.7. The van der Waals surface area contributed by atoms with Gasteiger partial charge in [-0.15, -0.1) is 0 Å². The van der Waals surface area contributed by atoms with Gasteiger partial charge in [-0.25, -0.2) is 9.37 Å². The molecule has 0 radical (unpaired) electrons. The number of halogens is 2. The molecule has 0 aliphatic carbocycles. The van der Waals surface area contributed by atoms with E-state index in [2.05, 4.69) is 4.98 Å². The predicted molar refractivity (Wildman–Crippen MR) is 86.0 cm³/mol. The van der Waals surface area contributed by atoms with Crippen molar-refractivity contribution in [1.82, 2.24) is 9.55 Å². The Morgan fingerprint density at radius 2 is 2.14 bits per heavy atom. The topological polar surface area (TPSA) is 34.9 Å². The summed E-state index contributed by atoms with van der Waals surface area (Å²) in [5, 5.41) is 0.539. The molecule has 0 aliphatic heterocycles. The van der Waals surface area contributed by atoms with E-state index in [1.165, 1.54) is 12.1 Å². The number of rotatable bonds is 6. The molecule has 0 unspecified atom stereocenters. The van der Waals surface area contributed by atoms with E-state index in [0.29, 0.717) is 30.0 Å². The number of hydrogen-bond donors (Lipinski definition) is 0. The second kappa shape index (κ2) is 7.05. The lowest BCUT2D eigenvalue weighted by molar-refractivity contribution is 0.0969. The minimum atomic E-state index is -0.306. The zero-order valence-corrected chi connectivity index (χ0v) is 13.8. The summed E-state index contributed by atoms with van der Waals surface area (Å²) in [6.45, 7) is 5.94. The number of imidazole rings is 1. The van der Waals surface area contributed by atoms with Crippen molar-refractivity contribution in [3.8, 4) is 0 Å². The van der Waals surface area contributed by atoms with Crippen molar-refractivity contribution < 1.29 is 9.18 Å². The minimum absolute atomic E-state index is 0.0572. The van der Waals surface area contributed by atoms with Crippen molar-refractivity contribution in [2.45, 2.75) is 46.1 Å². The van der Waals surface area contributed by atoms with Crippen LogP contribution < -0.4 is 0 Å². The third-order valence-electron chi connectivity index (χ3n) is 3.64. The Morgan fingerprint density at radius 3 is 2.82 bits per heavy atom. The smallest absolute Gasteiger partial charge is 0.180 e. The number of ketones is 1. The molecule has 0 N–H and O–H groups in total. The van der Waals surface area contributed by atoms with Crippen molar-refractivity contribution in [2.24, 2.45) is 0 Å². The van der Waals surface area contributed by atoms with Crippen LogP contribution in [0.2, 0.25) is 5.02 Å². The van der Waals surface area contributed by atoms with Crippen LogP contribution in [0.1, 0.15) is 54.6 Å². The SMILES string of the molecule is Cc1ncc(C(=O)CCCc2cc(F)ccc2Cl)n1C(C)C. The molecular formula is C17H20ClFN2O. The maximum atomic E-state index is 13.2. The highest BCUT2D eigenvalue weighted by Gasteiger charge is 2.16. The van der Waals surface area contributed by atoms with E-state index >= 15 is 0 Å². The van der Waals surface area contributed by atoms with Crippen LogP contribution in [0, 0.1) is 12.7 Å². The van der Waals surface area contributed by atoms with Crippen LogP contribution in [0.5, 0.6) is 0 Å². The summed E-state index contributed by atoms with van der Waals surface area (Å²) in [5.74, 6) is 0.590. The average molecular weight is 323 g/mol. The van der Waals surface area contributed by atoms with Crippen molar-refractivity contribution >= 4 is 17.4 Å². The third kappa shape index (κ3) is 3.74. The first-order chi connectivity index (χ1) is 10.4. The number of carbonyl (C=O) groups excluding carboxylic acids is 1. The number of aryl methyl sites for hydroxylation is 2. The van der Waals surface area contributed by atoms with E-state index in [4.69, 9.17) is 11.6 Å². The monoisotopic (exact) mass is 322 g/mol. The molecule has 1 aromatic carbocycles. The minimum Gasteiger partial charge on any atom is -0.323 e. The van der Waals surface area contributed by atoms with Crippen molar-refractivity contribution in [1.29, 1.82) is 0 Å². The predicted octanol–water partition coefficient (Wildman–Crippen LogP) is 4.77. The van der Waals surface area contributed by atoms with Crippen LogP contribution >= 0.6 is 11.6 Å². The lowest BCUT2D eigenvalue weighted by Gasteiger charge is -2.13. The summed E-state index contributed by atoms with van der Waals surface area (Å²) in [7, 11) is 0. The standard InChI is InChI=1S/C17H20ClFN2O/c1-11(2)21-12(3)20-10-16(21)17(22)6-4-5-13-9-14(19)7-8-15(13)18/h7-11H,4-6H2,1-3H3. The first-order valence-corrected chi connectivity index (χ1v) is 7.79. The van der Waals surface area contributed by atoms with Gasteiger partial charge in [0.25, 0.3) is 0 Å². The maximum Gasteiger partial charge on any atom is 0.180 e. The Hall–Kier alpha value is -1.68. The maximum absolute atomic E-state index is 13.2. The average Bonchev–Trinajstić information content (AvgIpc) is 2.84. The molecule has 0 saturated carbocycles. The molecule has 2 rings (SSSR count). The van der Waals surface area contributed by atoms with Gasteiger partial charge >= 0.3 is 0 Å². The number of Topliss-reactive ketones (excluding diaryl/α,β-unsaturated/α-hetero) is 1. The van der Waals surface area contributed by atoms with Gasteiger partial charge in [-0.05, 0) is 57.4 Å². The number of nitrogens with zero attached hydrogens (tertiary/aromatic N) is 2. The molecule has 1 heterocycles. The lowest BCUT2D eigenvalue weighted by Crippen LogP contribution is -2.12. The molecule has 0 aliphatic rings. The highest BCUT2D eigenvalue weighted by atomic mass is 35.5. The fourth-order valence-corrected chi connectivity index (χ4v) is 2.83. The van der Waals surface area contributed by atoms with Gasteiger partial charge in [0.15, 0.2) is 5.78 Å². The second-order valence-electron chi connectivity index (χ2n) is 5.67. The molecule has 0 spiro atoms. The van der Waals surface area contributed by atoms with Crippen LogP contribution in [0.25, 0.3) is 0 Å². The van der Waals surface area contributed by atoms with E-state index in [1.54, 1.807) is 12.3 Å². The molecule has 2 aromatic rings. The van der Waals surface area contributed by atoms with E-state index in [-0.39, 0.29) is 17.6 Å². The highest BCUT2D eigenvalue weighted by Crippen LogP contribution is 2.20. The zero-order chi connectivity index (χ0) is 16.3. The van der Waals surface area contributed by atoms with Gasteiger partial charge < -0.3 is 4.57 Å². The molecule has 22 heavy (non-hydrogen) atoms. The van der Waals surface area contributed by atoms with E-state index < -0.39 is 0 Å². The number of benzene rings is 1. The van der Waals surface area contributed by atoms with Crippen LogP contribution in [0.15, 0.2) is 24.4 Å². The molecule has 5 heteroatoms. The molecule has 0 saturated heterocycles. The summed E-state index contributed by atoms with van der Waals surface area (Å²) >= 11 is 6.03. The van der Waals surface area contributed by atoms with E-state index in [0.717, 1.165) is 11.4 Å². The highest BCUT2D eigenvalue weighted by molar-refractivity contribution is 6.31. The second-order valence-corrected chi connectivity index (χ2v) is 6.07. The van der Waals surface area contributed by atoms with Gasteiger partial charge in [-0.3, -0.25) is 4.79 Å². The van der Waals surface area contributed by atoms with Crippen LogP contribution in [-0.4, -0.2) is 15.3 Å². The number of carbonyl (C=O) groups is 1. The molecule has 118 valence electrons. The fourth-order valence-electron chi connectivity index (χ4n) is 2.61. The molecule has 0 fully saturated rings. The summed E-state index contributed by atoms with van der Waals surface area (Å²) < 4.78 is 15.1. The van der Waals surface area contributed by atoms with Gasteiger partial charge in [0.2, 0.25) is 0 Å². The van der Waals surface area contributed by atoms with Gasteiger partial charge in [0, 0.05) is 17.5 Å². The third-order valence-corrected chi connectivity index (χ3v) is 4.01. The fraction of sp³-hybridized carbons (Fsp3) is 0.412. The van der Waals surface area contributed by atoms with E-state index in [9.17, 15) is 9.18 Å². The number of aromatic nitrogens is 2. The molecule has 0 bridgehead atoms. The summed E-state index contributed by atoms with van der Waals surface area (Å²) in [5.41, 5.74) is 1.38. The summed E-state index contributed by atoms with van der Waals surface area (Å²) in [4.78, 5) is 16.6. The molecule has 0 atom stereocenters. The Kier molecular flexibility index (Phi) is 5.35. The van der Waals surface area contributed by atoms with Gasteiger partial charge in [0.1, 0.15) is 17.3 Å². The molecular weight excluding hydrogens is 303 g/mol. The zero-order valence-electron chi connectivity index (χ0n) is 13.1. The van der Waals surface area contributed by atoms with Gasteiger partial charge in [-0.1, -0.05) is 11.6 Å². The van der Waals surface area contributed by atoms with Crippen LogP contribution in [-0.2, 0) is 6.42 Å². The van der Waals surface area contributed by atoms with Crippen LogP contribution in [0.4, 0.5) is 4.39 Å².